The Labute approximate surface area is 240 Å². The average Bonchev–Trinajstić information content (AvgIpc) is 2.91. The Kier molecular flexibility index (Phi) is 12.3. The molecule has 0 aromatic heterocycles. The number of nitrogens with one attached hydrogen (secondary N) is 1. The monoisotopic (exact) mass is 574 g/mol. The molecule has 3 aromatic rings. The van der Waals surface area contributed by atoms with Crippen molar-refractivity contribution in [1.29, 1.82) is 0 Å². The van der Waals surface area contributed by atoms with E-state index >= 15 is 0 Å². The summed E-state index contributed by atoms with van der Waals surface area (Å²) in [6.45, 7) is 3.08. The molecule has 8 heteroatoms. The minimum absolute atomic E-state index is 0.119. The number of carbonyl (C=O) groups is 2. The van der Waals surface area contributed by atoms with Crippen LogP contribution in [0.15, 0.2) is 72.8 Å². The summed E-state index contributed by atoms with van der Waals surface area (Å²) in [6.07, 6.45) is 2.85. The molecule has 3 aromatic carbocycles. The first-order valence-corrected chi connectivity index (χ1v) is 13.9. The van der Waals surface area contributed by atoms with E-state index in [0.717, 1.165) is 18.4 Å². The maximum Gasteiger partial charge on any atom is 0.243 e. The van der Waals surface area contributed by atoms with E-state index in [1.807, 2.05) is 30.3 Å². The smallest absolute Gasteiger partial charge is 0.243 e. The van der Waals surface area contributed by atoms with Crippen LogP contribution >= 0.6 is 34.8 Å². The van der Waals surface area contributed by atoms with Gasteiger partial charge in [-0.15, -0.1) is 0 Å². The number of halogens is 3. The van der Waals surface area contributed by atoms with Crippen LogP contribution < -0.4 is 10.1 Å². The molecule has 0 bridgehead atoms. The molecule has 1 N–H and O–H groups in total. The molecule has 0 saturated heterocycles. The molecular weight excluding hydrogens is 543 g/mol. The lowest BCUT2D eigenvalue weighted by molar-refractivity contribution is -0.141. The Morgan fingerprint density at radius 2 is 1.58 bits per heavy atom. The second-order valence-corrected chi connectivity index (χ2v) is 10.2. The molecule has 1 unspecified atom stereocenters. The van der Waals surface area contributed by atoms with Gasteiger partial charge in [0.05, 0.1) is 6.61 Å². The number of hydrogen-bond donors (Lipinski definition) is 1. The van der Waals surface area contributed by atoms with Gasteiger partial charge < -0.3 is 15.0 Å². The summed E-state index contributed by atoms with van der Waals surface area (Å²) in [5, 5.41) is 4.54. The normalized spacial score (nSPS) is 11.6. The fourth-order valence-electron chi connectivity index (χ4n) is 4.00. The van der Waals surface area contributed by atoms with E-state index in [4.69, 9.17) is 39.5 Å². The number of benzene rings is 3. The van der Waals surface area contributed by atoms with Crippen molar-refractivity contribution in [3.8, 4) is 5.75 Å². The molecule has 38 heavy (non-hydrogen) atoms. The maximum atomic E-state index is 13.7. The quantitative estimate of drug-likeness (QED) is 0.204. The molecule has 0 aliphatic carbocycles. The lowest BCUT2D eigenvalue weighted by Crippen LogP contribution is -2.50. The van der Waals surface area contributed by atoms with Crippen LogP contribution in [-0.4, -0.2) is 35.9 Å². The maximum absolute atomic E-state index is 13.7. The second kappa shape index (κ2) is 15.6. The van der Waals surface area contributed by atoms with Crippen LogP contribution in [0.2, 0.25) is 15.1 Å². The molecule has 0 aliphatic heterocycles. The Morgan fingerprint density at radius 1 is 0.895 bits per heavy atom. The lowest BCUT2D eigenvalue weighted by Gasteiger charge is -2.32. The average molecular weight is 576 g/mol. The van der Waals surface area contributed by atoms with Crippen molar-refractivity contribution in [1.82, 2.24) is 10.2 Å². The van der Waals surface area contributed by atoms with Gasteiger partial charge in [0, 0.05) is 46.6 Å². The zero-order valence-electron chi connectivity index (χ0n) is 21.5. The molecule has 202 valence electrons. The Morgan fingerprint density at radius 3 is 2.24 bits per heavy atom. The standard InChI is InChI=1S/C30H33Cl3N2O3/c1-2-3-18-34-30(37)28(20-22-9-5-4-6-10-22)35(21-25-26(32)11-7-12-27(25)33)29(36)13-8-19-38-24-16-14-23(31)15-17-24/h4-7,9-12,14-17,28H,2-3,8,13,18-21H2,1H3,(H,34,37). The van der Waals surface area contributed by atoms with E-state index < -0.39 is 6.04 Å². The Hall–Kier alpha value is -2.73. The molecule has 5 nitrogen and oxygen atoms in total. The van der Waals surface area contributed by atoms with Crippen molar-refractivity contribution < 1.29 is 14.3 Å². The topological polar surface area (TPSA) is 58.6 Å². The van der Waals surface area contributed by atoms with Gasteiger partial charge >= 0.3 is 0 Å². The van der Waals surface area contributed by atoms with Crippen molar-refractivity contribution in [2.45, 2.75) is 51.6 Å². The van der Waals surface area contributed by atoms with E-state index in [0.29, 0.717) is 52.4 Å². The summed E-state index contributed by atoms with van der Waals surface area (Å²) in [6, 6.07) is 21.3. The van der Waals surface area contributed by atoms with E-state index in [2.05, 4.69) is 12.2 Å². The van der Waals surface area contributed by atoms with Crippen LogP contribution in [0.4, 0.5) is 0 Å². The van der Waals surface area contributed by atoms with E-state index in [9.17, 15) is 9.59 Å². The summed E-state index contributed by atoms with van der Waals surface area (Å²) in [7, 11) is 0. The minimum atomic E-state index is -0.730. The Balaban J connectivity index is 1.82. The highest BCUT2D eigenvalue weighted by atomic mass is 35.5. The van der Waals surface area contributed by atoms with Gasteiger partial charge in [0.25, 0.3) is 0 Å². The molecule has 2 amide bonds. The zero-order chi connectivity index (χ0) is 27.3. The van der Waals surface area contributed by atoms with Gasteiger partial charge in [-0.25, -0.2) is 0 Å². The van der Waals surface area contributed by atoms with E-state index in [1.165, 1.54) is 0 Å². The SMILES string of the molecule is CCCCNC(=O)C(Cc1ccccc1)N(Cc1c(Cl)cccc1Cl)C(=O)CCCOc1ccc(Cl)cc1. The molecule has 3 rings (SSSR count). The summed E-state index contributed by atoms with van der Waals surface area (Å²) < 4.78 is 5.77. The third kappa shape index (κ3) is 9.23. The summed E-state index contributed by atoms with van der Waals surface area (Å²) in [5.41, 5.74) is 1.57. The zero-order valence-corrected chi connectivity index (χ0v) is 23.7. The molecule has 0 fully saturated rings. The number of carbonyl (C=O) groups excluding carboxylic acids is 2. The van der Waals surface area contributed by atoms with Crippen LogP contribution in [0.1, 0.15) is 43.7 Å². The number of unbranched alkanes of at least 4 members (excludes halogenated alkanes) is 1. The molecular formula is C30H33Cl3N2O3. The van der Waals surface area contributed by atoms with Crippen LogP contribution in [0.5, 0.6) is 5.75 Å². The second-order valence-electron chi connectivity index (χ2n) is 8.98. The van der Waals surface area contributed by atoms with Crippen LogP contribution in [0.3, 0.4) is 0 Å². The first kappa shape index (κ1) is 29.8. The molecule has 0 heterocycles. The lowest BCUT2D eigenvalue weighted by atomic mass is 10.0. The number of amides is 2. The highest BCUT2D eigenvalue weighted by molar-refractivity contribution is 6.36. The number of ether oxygens (including phenoxy) is 1. The van der Waals surface area contributed by atoms with Crippen molar-refractivity contribution in [2.24, 2.45) is 0 Å². The number of hydrogen-bond acceptors (Lipinski definition) is 3. The van der Waals surface area contributed by atoms with Crippen molar-refractivity contribution in [2.75, 3.05) is 13.2 Å². The van der Waals surface area contributed by atoms with Gasteiger partial charge in [-0.2, -0.15) is 0 Å². The first-order valence-electron chi connectivity index (χ1n) is 12.8. The van der Waals surface area contributed by atoms with Gasteiger partial charge in [0.15, 0.2) is 0 Å². The van der Waals surface area contributed by atoms with E-state index in [1.54, 1.807) is 47.4 Å². The largest absolute Gasteiger partial charge is 0.494 e. The molecule has 0 saturated carbocycles. The minimum Gasteiger partial charge on any atom is -0.494 e. The highest BCUT2D eigenvalue weighted by Crippen LogP contribution is 2.27. The van der Waals surface area contributed by atoms with Crippen molar-refractivity contribution in [3.05, 3.63) is 99.0 Å². The van der Waals surface area contributed by atoms with E-state index in [-0.39, 0.29) is 24.8 Å². The molecule has 0 aliphatic rings. The number of nitrogens with zero attached hydrogens (tertiary/aromatic N) is 1. The van der Waals surface area contributed by atoms with Crippen LogP contribution in [-0.2, 0) is 22.6 Å². The highest BCUT2D eigenvalue weighted by Gasteiger charge is 2.31. The van der Waals surface area contributed by atoms with Gasteiger partial charge in [0.1, 0.15) is 11.8 Å². The van der Waals surface area contributed by atoms with Gasteiger partial charge in [-0.3, -0.25) is 9.59 Å². The predicted molar refractivity (Wildman–Crippen MR) is 155 cm³/mol. The molecule has 0 radical (unpaired) electrons. The number of rotatable bonds is 14. The molecule has 0 spiro atoms. The first-order chi connectivity index (χ1) is 18.4. The summed E-state index contributed by atoms with van der Waals surface area (Å²) in [5.74, 6) is 0.308. The van der Waals surface area contributed by atoms with Crippen molar-refractivity contribution >= 4 is 46.6 Å². The summed E-state index contributed by atoms with van der Waals surface area (Å²) in [4.78, 5) is 28.7. The van der Waals surface area contributed by atoms with Gasteiger partial charge in [-0.1, -0.05) is 84.5 Å². The van der Waals surface area contributed by atoms with Gasteiger partial charge in [0.2, 0.25) is 11.8 Å². The van der Waals surface area contributed by atoms with Crippen LogP contribution in [0, 0.1) is 0 Å². The van der Waals surface area contributed by atoms with Crippen molar-refractivity contribution in [3.63, 3.8) is 0 Å². The summed E-state index contributed by atoms with van der Waals surface area (Å²) >= 11 is 18.9. The fourth-order valence-corrected chi connectivity index (χ4v) is 4.64. The van der Waals surface area contributed by atoms with Gasteiger partial charge in [-0.05, 0) is 54.8 Å². The Bertz CT molecular complexity index is 1150. The molecule has 1 atom stereocenters. The third-order valence-corrected chi connectivity index (χ3v) is 7.07. The fraction of sp³-hybridized carbons (Fsp3) is 0.333. The van der Waals surface area contributed by atoms with Crippen LogP contribution in [0.25, 0.3) is 0 Å². The predicted octanol–water partition coefficient (Wildman–Crippen LogP) is 7.36. The third-order valence-electron chi connectivity index (χ3n) is 6.11.